The molecule has 0 aliphatic heterocycles. The van der Waals surface area contributed by atoms with Crippen LogP contribution in [-0.4, -0.2) is 19.0 Å². The molecule has 0 unspecified atom stereocenters. The van der Waals surface area contributed by atoms with E-state index in [2.05, 4.69) is 0 Å². The van der Waals surface area contributed by atoms with Crippen LogP contribution in [0, 0.1) is 5.92 Å². The van der Waals surface area contributed by atoms with Gasteiger partial charge in [-0.1, -0.05) is 19.8 Å². The first-order valence-electron chi connectivity index (χ1n) is 4.92. The van der Waals surface area contributed by atoms with Gasteiger partial charge >= 0.3 is 0 Å². The van der Waals surface area contributed by atoms with Crippen molar-refractivity contribution < 1.29 is 9.53 Å². The molecule has 1 saturated carbocycles. The van der Waals surface area contributed by atoms with Gasteiger partial charge in [-0.2, -0.15) is 0 Å². The Balaban J connectivity index is 1.83. The normalized spacial score (nSPS) is 16.4. The van der Waals surface area contributed by atoms with Crippen LogP contribution in [0.5, 0.6) is 0 Å². The van der Waals surface area contributed by atoms with Crippen molar-refractivity contribution in [2.45, 2.75) is 39.0 Å². The highest BCUT2D eigenvalue weighted by Crippen LogP contribution is 2.31. The number of carbonyl (C=O) groups is 1. The monoisotopic (exact) mass is 170 g/mol. The molecule has 0 radical (unpaired) electrons. The molecule has 2 heteroatoms. The van der Waals surface area contributed by atoms with Gasteiger partial charge in [-0.05, 0) is 18.8 Å². The molecule has 1 rings (SSSR count). The van der Waals surface area contributed by atoms with Crippen molar-refractivity contribution in [3.8, 4) is 0 Å². The van der Waals surface area contributed by atoms with E-state index in [4.69, 9.17) is 4.74 Å². The van der Waals surface area contributed by atoms with E-state index < -0.39 is 0 Å². The molecule has 70 valence electrons. The van der Waals surface area contributed by atoms with Crippen LogP contribution in [0.25, 0.3) is 0 Å². The van der Waals surface area contributed by atoms with E-state index in [0.717, 1.165) is 25.4 Å². The van der Waals surface area contributed by atoms with Crippen molar-refractivity contribution >= 4 is 5.78 Å². The number of ketones is 1. The second-order valence-corrected chi connectivity index (χ2v) is 3.57. The van der Waals surface area contributed by atoms with Gasteiger partial charge in [0.15, 0.2) is 5.78 Å². The van der Waals surface area contributed by atoms with Gasteiger partial charge in [0.1, 0.15) is 6.61 Å². The molecule has 2 nitrogen and oxygen atoms in total. The average molecular weight is 170 g/mol. The van der Waals surface area contributed by atoms with E-state index in [1.165, 1.54) is 12.8 Å². The first kappa shape index (κ1) is 9.72. The van der Waals surface area contributed by atoms with Crippen LogP contribution in [0.1, 0.15) is 39.0 Å². The molecular weight excluding hydrogens is 152 g/mol. The number of ether oxygens (including phenoxy) is 1. The number of carbonyl (C=O) groups excluding carboxylic acids is 1. The second kappa shape index (κ2) is 5.31. The second-order valence-electron chi connectivity index (χ2n) is 3.57. The topological polar surface area (TPSA) is 26.3 Å². The van der Waals surface area contributed by atoms with Crippen LogP contribution in [0.15, 0.2) is 0 Å². The third-order valence-corrected chi connectivity index (χ3v) is 2.16. The molecule has 0 bridgehead atoms. The highest BCUT2D eigenvalue weighted by Gasteiger charge is 2.20. The van der Waals surface area contributed by atoms with E-state index in [1.54, 1.807) is 0 Å². The predicted octanol–water partition coefficient (Wildman–Crippen LogP) is 2.17. The Labute approximate surface area is 74.3 Å². The highest BCUT2D eigenvalue weighted by atomic mass is 16.5. The standard InChI is InChI=1S/C10H18O2/c1-2-3-10(11)8-12-7-6-9-4-5-9/h9H,2-8H2,1H3. The summed E-state index contributed by atoms with van der Waals surface area (Å²) in [5, 5.41) is 0. The number of Topliss-reactive ketones (excluding diaryl/α,β-unsaturated/α-hetero) is 1. The summed E-state index contributed by atoms with van der Waals surface area (Å²) in [5.41, 5.74) is 0. The summed E-state index contributed by atoms with van der Waals surface area (Å²) in [6.07, 6.45) is 5.49. The first-order valence-corrected chi connectivity index (χ1v) is 4.92. The minimum Gasteiger partial charge on any atom is -0.374 e. The number of hydrogen-bond acceptors (Lipinski definition) is 2. The molecule has 0 spiro atoms. The van der Waals surface area contributed by atoms with Gasteiger partial charge < -0.3 is 4.74 Å². The summed E-state index contributed by atoms with van der Waals surface area (Å²) >= 11 is 0. The lowest BCUT2D eigenvalue weighted by Crippen LogP contribution is -2.08. The van der Waals surface area contributed by atoms with Crippen LogP contribution in [0.3, 0.4) is 0 Å². The van der Waals surface area contributed by atoms with Crippen LogP contribution >= 0.6 is 0 Å². The summed E-state index contributed by atoms with van der Waals surface area (Å²) in [6.45, 7) is 3.13. The molecule has 12 heavy (non-hydrogen) atoms. The summed E-state index contributed by atoms with van der Waals surface area (Å²) in [5.74, 6) is 1.15. The zero-order valence-electron chi connectivity index (χ0n) is 7.84. The molecule has 0 N–H and O–H groups in total. The number of rotatable bonds is 7. The van der Waals surface area contributed by atoms with Crippen LogP contribution in [-0.2, 0) is 9.53 Å². The van der Waals surface area contributed by atoms with Crippen molar-refractivity contribution in [3.63, 3.8) is 0 Å². The van der Waals surface area contributed by atoms with Gasteiger partial charge in [0.05, 0.1) is 0 Å². The summed E-state index contributed by atoms with van der Waals surface area (Å²) in [4.78, 5) is 11.0. The van der Waals surface area contributed by atoms with Gasteiger partial charge in [0, 0.05) is 13.0 Å². The van der Waals surface area contributed by atoms with Gasteiger partial charge in [-0.25, -0.2) is 0 Å². The Morgan fingerprint density at radius 2 is 2.25 bits per heavy atom. The molecule has 0 aromatic carbocycles. The molecular formula is C10H18O2. The summed E-state index contributed by atoms with van der Waals surface area (Å²) in [6, 6.07) is 0. The number of hydrogen-bond donors (Lipinski definition) is 0. The maximum absolute atomic E-state index is 11.0. The average Bonchev–Trinajstić information content (AvgIpc) is 2.82. The Kier molecular flexibility index (Phi) is 4.30. The van der Waals surface area contributed by atoms with E-state index in [-0.39, 0.29) is 5.78 Å². The molecule has 0 amide bonds. The fraction of sp³-hybridized carbons (Fsp3) is 0.900. The summed E-state index contributed by atoms with van der Waals surface area (Å²) < 4.78 is 5.25. The van der Waals surface area contributed by atoms with Gasteiger partial charge in [0.25, 0.3) is 0 Å². The Morgan fingerprint density at radius 1 is 1.50 bits per heavy atom. The van der Waals surface area contributed by atoms with Gasteiger partial charge in [-0.3, -0.25) is 4.79 Å². The largest absolute Gasteiger partial charge is 0.374 e. The third kappa shape index (κ3) is 4.50. The first-order chi connectivity index (χ1) is 5.83. The molecule has 1 fully saturated rings. The molecule has 0 saturated heterocycles. The Morgan fingerprint density at radius 3 is 2.83 bits per heavy atom. The maximum Gasteiger partial charge on any atom is 0.158 e. The van der Waals surface area contributed by atoms with Crippen molar-refractivity contribution in [2.24, 2.45) is 5.92 Å². The van der Waals surface area contributed by atoms with Crippen molar-refractivity contribution in [1.82, 2.24) is 0 Å². The molecule has 1 aliphatic carbocycles. The van der Waals surface area contributed by atoms with E-state index in [9.17, 15) is 4.79 Å². The fourth-order valence-corrected chi connectivity index (χ4v) is 1.19. The minimum atomic E-state index is 0.244. The van der Waals surface area contributed by atoms with Crippen LogP contribution in [0.2, 0.25) is 0 Å². The Hall–Kier alpha value is -0.370. The predicted molar refractivity (Wildman–Crippen MR) is 48.1 cm³/mol. The van der Waals surface area contributed by atoms with Crippen LogP contribution < -0.4 is 0 Å². The molecule has 0 aromatic heterocycles. The molecule has 0 aromatic rings. The van der Waals surface area contributed by atoms with E-state index >= 15 is 0 Å². The molecule has 1 aliphatic rings. The minimum absolute atomic E-state index is 0.244. The summed E-state index contributed by atoms with van der Waals surface area (Å²) in [7, 11) is 0. The lowest BCUT2D eigenvalue weighted by Gasteiger charge is -2.01. The SMILES string of the molecule is CCCC(=O)COCCC1CC1. The van der Waals surface area contributed by atoms with Gasteiger partial charge in [-0.15, -0.1) is 0 Å². The highest BCUT2D eigenvalue weighted by molar-refractivity contribution is 5.79. The smallest absolute Gasteiger partial charge is 0.158 e. The lowest BCUT2D eigenvalue weighted by atomic mass is 10.2. The maximum atomic E-state index is 11.0. The van der Waals surface area contributed by atoms with E-state index in [0.29, 0.717) is 13.0 Å². The lowest BCUT2D eigenvalue weighted by molar-refractivity contribution is -0.123. The Bertz CT molecular complexity index is 139. The zero-order valence-corrected chi connectivity index (χ0v) is 7.84. The fourth-order valence-electron chi connectivity index (χ4n) is 1.19. The third-order valence-electron chi connectivity index (χ3n) is 2.16. The zero-order chi connectivity index (χ0) is 8.81. The van der Waals surface area contributed by atoms with Crippen molar-refractivity contribution in [1.29, 1.82) is 0 Å². The quantitative estimate of drug-likeness (QED) is 0.547. The van der Waals surface area contributed by atoms with Crippen LogP contribution in [0.4, 0.5) is 0 Å². The van der Waals surface area contributed by atoms with Crippen molar-refractivity contribution in [3.05, 3.63) is 0 Å². The van der Waals surface area contributed by atoms with Gasteiger partial charge in [0.2, 0.25) is 0 Å². The van der Waals surface area contributed by atoms with Crippen molar-refractivity contribution in [2.75, 3.05) is 13.2 Å². The van der Waals surface area contributed by atoms with E-state index in [1.807, 2.05) is 6.92 Å². The molecule has 0 heterocycles. The molecule has 0 atom stereocenters.